The average molecular weight is 237 g/mol. The van der Waals surface area contributed by atoms with Crippen LogP contribution >= 0.6 is 0 Å². The van der Waals surface area contributed by atoms with Gasteiger partial charge in [0.15, 0.2) is 5.69 Å². The standard InChI is InChI=1S/C12H19N3O2/c1-7(2)14-5-9-10(6-14)15(8(3)4)13-11(9)12(16)17/h7-8H,5-6H2,1-4H3,(H,16,17). The number of aromatic carboxylic acids is 1. The van der Waals surface area contributed by atoms with E-state index in [1.165, 1.54) is 0 Å². The van der Waals surface area contributed by atoms with Gasteiger partial charge in [-0.05, 0) is 27.7 Å². The van der Waals surface area contributed by atoms with Crippen molar-refractivity contribution in [3.8, 4) is 0 Å². The highest BCUT2D eigenvalue weighted by atomic mass is 16.4. The first-order chi connectivity index (χ1) is 7.91. The molecule has 0 spiro atoms. The lowest BCUT2D eigenvalue weighted by Crippen LogP contribution is -2.26. The minimum absolute atomic E-state index is 0.198. The number of hydrogen-bond acceptors (Lipinski definition) is 3. The summed E-state index contributed by atoms with van der Waals surface area (Å²) in [6, 6.07) is 0.619. The first kappa shape index (κ1) is 12.1. The van der Waals surface area contributed by atoms with Crippen LogP contribution in [-0.4, -0.2) is 31.8 Å². The predicted molar refractivity (Wildman–Crippen MR) is 64.0 cm³/mol. The summed E-state index contributed by atoms with van der Waals surface area (Å²) in [7, 11) is 0. The van der Waals surface area contributed by atoms with Gasteiger partial charge in [0, 0.05) is 30.7 Å². The van der Waals surface area contributed by atoms with E-state index < -0.39 is 5.97 Å². The molecule has 0 saturated heterocycles. The number of hydrogen-bond donors (Lipinski definition) is 1. The molecule has 0 bridgehead atoms. The van der Waals surface area contributed by atoms with Crippen molar-refractivity contribution in [2.24, 2.45) is 0 Å². The normalized spacial score (nSPS) is 15.9. The van der Waals surface area contributed by atoms with Gasteiger partial charge < -0.3 is 5.11 Å². The Bertz CT molecular complexity index is 449. The fourth-order valence-corrected chi connectivity index (χ4v) is 2.25. The van der Waals surface area contributed by atoms with E-state index in [0.717, 1.165) is 17.8 Å². The maximum atomic E-state index is 11.2. The van der Waals surface area contributed by atoms with Crippen LogP contribution in [0.4, 0.5) is 0 Å². The second-order valence-electron chi connectivity index (χ2n) is 5.12. The Morgan fingerprint density at radius 3 is 2.35 bits per heavy atom. The van der Waals surface area contributed by atoms with Crippen LogP contribution in [-0.2, 0) is 13.1 Å². The Labute approximate surface area is 101 Å². The van der Waals surface area contributed by atoms with Gasteiger partial charge in [0.05, 0.1) is 5.69 Å². The largest absolute Gasteiger partial charge is 0.476 e. The van der Waals surface area contributed by atoms with Gasteiger partial charge in [-0.2, -0.15) is 5.10 Å². The molecule has 1 aromatic rings. The van der Waals surface area contributed by atoms with Crippen molar-refractivity contribution in [1.82, 2.24) is 14.7 Å². The van der Waals surface area contributed by atoms with Crippen molar-refractivity contribution in [3.05, 3.63) is 17.0 Å². The van der Waals surface area contributed by atoms with Gasteiger partial charge >= 0.3 is 5.97 Å². The van der Waals surface area contributed by atoms with Crippen LogP contribution in [0.15, 0.2) is 0 Å². The molecule has 17 heavy (non-hydrogen) atoms. The highest BCUT2D eigenvalue weighted by Gasteiger charge is 2.31. The van der Waals surface area contributed by atoms with Crippen molar-refractivity contribution < 1.29 is 9.90 Å². The third-order valence-corrected chi connectivity index (χ3v) is 3.25. The summed E-state index contributed by atoms with van der Waals surface area (Å²) in [5.74, 6) is -0.925. The van der Waals surface area contributed by atoms with Gasteiger partial charge in [0.2, 0.25) is 0 Å². The van der Waals surface area contributed by atoms with Crippen molar-refractivity contribution in [2.75, 3.05) is 0 Å². The summed E-state index contributed by atoms with van der Waals surface area (Å²) in [5, 5.41) is 13.4. The topological polar surface area (TPSA) is 58.4 Å². The lowest BCUT2D eigenvalue weighted by molar-refractivity contribution is 0.0686. The van der Waals surface area contributed by atoms with E-state index >= 15 is 0 Å². The molecule has 2 heterocycles. The maximum absolute atomic E-state index is 11.2. The molecule has 0 saturated carbocycles. The van der Waals surface area contributed by atoms with Crippen molar-refractivity contribution in [2.45, 2.75) is 52.9 Å². The summed E-state index contributed by atoms with van der Waals surface area (Å²) in [4.78, 5) is 13.4. The molecule has 0 aromatic carbocycles. The summed E-state index contributed by atoms with van der Waals surface area (Å²) in [5.41, 5.74) is 2.17. The summed E-state index contributed by atoms with van der Waals surface area (Å²) < 4.78 is 1.85. The molecule has 0 atom stereocenters. The maximum Gasteiger partial charge on any atom is 0.356 e. The monoisotopic (exact) mass is 237 g/mol. The van der Waals surface area contributed by atoms with Crippen LogP contribution < -0.4 is 0 Å². The van der Waals surface area contributed by atoms with Gasteiger partial charge in [0.25, 0.3) is 0 Å². The molecule has 0 amide bonds. The highest BCUT2D eigenvalue weighted by Crippen LogP contribution is 2.29. The van der Waals surface area contributed by atoms with Crippen LogP contribution in [0.2, 0.25) is 0 Å². The Hall–Kier alpha value is -1.36. The van der Waals surface area contributed by atoms with Gasteiger partial charge in [-0.15, -0.1) is 0 Å². The molecule has 2 rings (SSSR count). The quantitative estimate of drug-likeness (QED) is 0.872. The number of fused-ring (bicyclic) bond motifs is 1. The smallest absolute Gasteiger partial charge is 0.356 e. The zero-order valence-corrected chi connectivity index (χ0v) is 10.8. The summed E-state index contributed by atoms with van der Waals surface area (Å²) in [6.45, 7) is 9.79. The molecule has 0 radical (unpaired) electrons. The first-order valence-electron chi connectivity index (χ1n) is 5.99. The fraction of sp³-hybridized carbons (Fsp3) is 0.667. The van der Waals surface area contributed by atoms with Crippen LogP contribution in [0.3, 0.4) is 0 Å². The number of carboxylic acid groups (broad SMARTS) is 1. The third-order valence-electron chi connectivity index (χ3n) is 3.25. The van der Waals surface area contributed by atoms with Crippen LogP contribution in [0.1, 0.15) is 55.5 Å². The molecule has 0 unspecified atom stereocenters. The molecule has 5 heteroatoms. The minimum atomic E-state index is -0.925. The fourth-order valence-electron chi connectivity index (χ4n) is 2.25. The number of nitrogens with zero attached hydrogens (tertiary/aromatic N) is 3. The number of carboxylic acids is 1. The van der Waals surface area contributed by atoms with Crippen LogP contribution in [0, 0.1) is 0 Å². The van der Waals surface area contributed by atoms with Crippen LogP contribution in [0.5, 0.6) is 0 Å². The van der Waals surface area contributed by atoms with E-state index in [-0.39, 0.29) is 11.7 Å². The molecule has 1 N–H and O–H groups in total. The van der Waals surface area contributed by atoms with E-state index in [4.69, 9.17) is 0 Å². The molecule has 0 fully saturated rings. The zero-order chi connectivity index (χ0) is 12.7. The summed E-state index contributed by atoms with van der Waals surface area (Å²) >= 11 is 0. The Balaban J connectivity index is 2.44. The highest BCUT2D eigenvalue weighted by molar-refractivity contribution is 5.87. The second kappa shape index (κ2) is 4.14. The second-order valence-corrected chi connectivity index (χ2v) is 5.12. The van der Waals surface area contributed by atoms with E-state index in [9.17, 15) is 9.90 Å². The van der Waals surface area contributed by atoms with Gasteiger partial charge in [-0.3, -0.25) is 9.58 Å². The Kier molecular flexibility index (Phi) is 2.95. The molecule has 5 nitrogen and oxygen atoms in total. The Morgan fingerprint density at radius 1 is 1.24 bits per heavy atom. The van der Waals surface area contributed by atoms with E-state index in [1.54, 1.807) is 0 Å². The number of rotatable bonds is 3. The van der Waals surface area contributed by atoms with E-state index in [1.807, 2.05) is 18.5 Å². The molecule has 1 aliphatic heterocycles. The Morgan fingerprint density at radius 2 is 1.88 bits per heavy atom. The van der Waals surface area contributed by atoms with Crippen molar-refractivity contribution >= 4 is 5.97 Å². The average Bonchev–Trinajstić information content (AvgIpc) is 2.72. The minimum Gasteiger partial charge on any atom is -0.476 e. The molecule has 0 aliphatic carbocycles. The molecule has 94 valence electrons. The third kappa shape index (κ3) is 1.95. The molecular formula is C12H19N3O2. The van der Waals surface area contributed by atoms with Gasteiger partial charge in [0.1, 0.15) is 0 Å². The predicted octanol–water partition coefficient (Wildman–Crippen LogP) is 1.89. The van der Waals surface area contributed by atoms with E-state index in [2.05, 4.69) is 23.8 Å². The zero-order valence-electron chi connectivity index (χ0n) is 10.8. The van der Waals surface area contributed by atoms with E-state index in [0.29, 0.717) is 12.6 Å². The lowest BCUT2D eigenvalue weighted by Gasteiger charge is -2.20. The molecule has 1 aromatic heterocycles. The molecular weight excluding hydrogens is 218 g/mol. The number of aromatic nitrogens is 2. The number of carbonyl (C=O) groups is 1. The first-order valence-corrected chi connectivity index (χ1v) is 5.99. The summed E-state index contributed by atoms with van der Waals surface area (Å²) in [6.07, 6.45) is 0. The van der Waals surface area contributed by atoms with Gasteiger partial charge in [-0.1, -0.05) is 0 Å². The SMILES string of the molecule is CC(C)N1Cc2c(C(=O)O)nn(C(C)C)c2C1. The lowest BCUT2D eigenvalue weighted by atomic mass is 10.2. The van der Waals surface area contributed by atoms with Crippen molar-refractivity contribution in [1.29, 1.82) is 0 Å². The van der Waals surface area contributed by atoms with Crippen LogP contribution in [0.25, 0.3) is 0 Å². The van der Waals surface area contributed by atoms with Gasteiger partial charge in [-0.25, -0.2) is 4.79 Å². The van der Waals surface area contributed by atoms with Crippen molar-refractivity contribution in [3.63, 3.8) is 0 Å². The molecule has 1 aliphatic rings.